The van der Waals surface area contributed by atoms with E-state index in [0.29, 0.717) is 6.04 Å². The summed E-state index contributed by atoms with van der Waals surface area (Å²) in [4.78, 5) is 0. The second-order valence-electron chi connectivity index (χ2n) is 4.43. The standard InChI is InChI=1S/C13H20N4/c1-10(8-14-2)15-9-12-11-6-4-5-7-13(11)17(3)16-12/h4-7,10,14-15H,8-9H2,1-3H3. The van der Waals surface area contributed by atoms with Crippen molar-refractivity contribution in [2.24, 2.45) is 7.05 Å². The van der Waals surface area contributed by atoms with Gasteiger partial charge < -0.3 is 10.6 Å². The van der Waals surface area contributed by atoms with Gasteiger partial charge in [-0.25, -0.2) is 0 Å². The summed E-state index contributed by atoms with van der Waals surface area (Å²) in [6.07, 6.45) is 0. The number of aryl methyl sites for hydroxylation is 1. The summed E-state index contributed by atoms with van der Waals surface area (Å²) in [5, 5.41) is 12.4. The molecule has 0 bridgehead atoms. The van der Waals surface area contributed by atoms with Gasteiger partial charge in [-0.3, -0.25) is 4.68 Å². The van der Waals surface area contributed by atoms with E-state index in [1.165, 1.54) is 10.9 Å². The molecule has 17 heavy (non-hydrogen) atoms. The molecule has 0 saturated heterocycles. The van der Waals surface area contributed by atoms with Crippen molar-refractivity contribution in [3.63, 3.8) is 0 Å². The number of likely N-dealkylation sites (N-methyl/N-ethyl adjacent to an activating group) is 1. The average molecular weight is 232 g/mol. The number of rotatable bonds is 5. The Morgan fingerprint density at radius 3 is 2.88 bits per heavy atom. The number of benzene rings is 1. The molecule has 2 rings (SSSR count). The molecule has 0 fully saturated rings. The fourth-order valence-corrected chi connectivity index (χ4v) is 2.07. The molecule has 0 aliphatic heterocycles. The number of hydrogen-bond acceptors (Lipinski definition) is 3. The van der Waals surface area contributed by atoms with E-state index in [1.54, 1.807) is 0 Å². The number of fused-ring (bicyclic) bond motifs is 1. The van der Waals surface area contributed by atoms with Crippen molar-refractivity contribution >= 4 is 10.9 Å². The van der Waals surface area contributed by atoms with Crippen LogP contribution in [0.3, 0.4) is 0 Å². The summed E-state index contributed by atoms with van der Waals surface area (Å²) in [5.74, 6) is 0. The van der Waals surface area contributed by atoms with Crippen LogP contribution in [0.1, 0.15) is 12.6 Å². The van der Waals surface area contributed by atoms with Crippen molar-refractivity contribution < 1.29 is 0 Å². The number of para-hydroxylation sites is 1. The van der Waals surface area contributed by atoms with E-state index >= 15 is 0 Å². The molecule has 4 heteroatoms. The first-order valence-electron chi connectivity index (χ1n) is 6.01. The van der Waals surface area contributed by atoms with Gasteiger partial charge >= 0.3 is 0 Å². The van der Waals surface area contributed by atoms with Crippen LogP contribution in [0.25, 0.3) is 10.9 Å². The van der Waals surface area contributed by atoms with Crippen molar-refractivity contribution in [1.82, 2.24) is 20.4 Å². The SMILES string of the molecule is CNCC(C)NCc1nn(C)c2ccccc12. The topological polar surface area (TPSA) is 41.9 Å². The average Bonchev–Trinajstić information content (AvgIpc) is 2.65. The minimum absolute atomic E-state index is 0.445. The molecule has 0 aliphatic carbocycles. The summed E-state index contributed by atoms with van der Waals surface area (Å²) >= 11 is 0. The molecule has 0 spiro atoms. The van der Waals surface area contributed by atoms with E-state index in [0.717, 1.165) is 18.8 Å². The molecule has 0 radical (unpaired) electrons. The van der Waals surface area contributed by atoms with Crippen LogP contribution >= 0.6 is 0 Å². The van der Waals surface area contributed by atoms with E-state index in [9.17, 15) is 0 Å². The predicted octanol–water partition coefficient (Wildman–Crippen LogP) is 1.27. The fourth-order valence-electron chi connectivity index (χ4n) is 2.07. The van der Waals surface area contributed by atoms with E-state index in [-0.39, 0.29) is 0 Å². The van der Waals surface area contributed by atoms with Gasteiger partial charge in [0.05, 0.1) is 11.2 Å². The normalized spacial score (nSPS) is 13.1. The summed E-state index contributed by atoms with van der Waals surface area (Å²) < 4.78 is 1.94. The Labute approximate surface area is 102 Å². The Morgan fingerprint density at radius 2 is 2.12 bits per heavy atom. The molecule has 1 atom stereocenters. The maximum Gasteiger partial charge on any atom is 0.0841 e. The lowest BCUT2D eigenvalue weighted by Crippen LogP contribution is -2.34. The largest absolute Gasteiger partial charge is 0.318 e. The van der Waals surface area contributed by atoms with Gasteiger partial charge in [-0.1, -0.05) is 18.2 Å². The van der Waals surface area contributed by atoms with Crippen molar-refractivity contribution in [3.05, 3.63) is 30.0 Å². The third kappa shape index (κ3) is 2.65. The van der Waals surface area contributed by atoms with Gasteiger partial charge in [0.2, 0.25) is 0 Å². The van der Waals surface area contributed by atoms with Gasteiger partial charge in [0.25, 0.3) is 0 Å². The lowest BCUT2D eigenvalue weighted by atomic mass is 10.2. The van der Waals surface area contributed by atoms with E-state index in [1.807, 2.05) is 24.8 Å². The third-order valence-corrected chi connectivity index (χ3v) is 2.96. The lowest BCUT2D eigenvalue weighted by Gasteiger charge is -2.11. The molecule has 92 valence electrons. The highest BCUT2D eigenvalue weighted by Gasteiger charge is 2.08. The first kappa shape index (κ1) is 12.1. The third-order valence-electron chi connectivity index (χ3n) is 2.96. The van der Waals surface area contributed by atoms with E-state index < -0.39 is 0 Å². The van der Waals surface area contributed by atoms with E-state index in [4.69, 9.17) is 0 Å². The Hall–Kier alpha value is -1.39. The molecule has 2 aromatic rings. The first-order chi connectivity index (χ1) is 8.22. The quantitative estimate of drug-likeness (QED) is 0.816. The molecule has 0 saturated carbocycles. The van der Waals surface area contributed by atoms with Crippen molar-refractivity contribution in [2.75, 3.05) is 13.6 Å². The Kier molecular flexibility index (Phi) is 3.76. The molecule has 1 aromatic carbocycles. The number of hydrogen-bond donors (Lipinski definition) is 2. The highest BCUT2D eigenvalue weighted by molar-refractivity contribution is 5.81. The first-order valence-corrected chi connectivity index (χ1v) is 6.01. The smallest absolute Gasteiger partial charge is 0.0841 e. The summed E-state index contributed by atoms with van der Waals surface area (Å²) in [7, 11) is 3.96. The van der Waals surface area contributed by atoms with E-state index in [2.05, 4.69) is 40.9 Å². The minimum atomic E-state index is 0.445. The van der Waals surface area contributed by atoms with Crippen LogP contribution in [-0.4, -0.2) is 29.4 Å². The van der Waals surface area contributed by atoms with Crippen LogP contribution in [0.5, 0.6) is 0 Å². The predicted molar refractivity (Wildman–Crippen MR) is 70.9 cm³/mol. The molecule has 0 aliphatic rings. The Bertz CT molecular complexity index is 489. The molecular weight excluding hydrogens is 212 g/mol. The van der Waals surface area contributed by atoms with Crippen LogP contribution < -0.4 is 10.6 Å². The number of nitrogens with one attached hydrogen (secondary N) is 2. The van der Waals surface area contributed by atoms with Gasteiger partial charge in [-0.05, 0) is 20.0 Å². The molecule has 2 N–H and O–H groups in total. The molecule has 1 heterocycles. The maximum atomic E-state index is 4.56. The zero-order valence-electron chi connectivity index (χ0n) is 10.7. The summed E-state index contributed by atoms with van der Waals surface area (Å²) in [5.41, 5.74) is 2.30. The number of aromatic nitrogens is 2. The molecule has 1 aromatic heterocycles. The molecular formula is C13H20N4. The van der Waals surface area contributed by atoms with Crippen LogP contribution in [-0.2, 0) is 13.6 Å². The minimum Gasteiger partial charge on any atom is -0.318 e. The zero-order valence-corrected chi connectivity index (χ0v) is 10.7. The summed E-state index contributed by atoms with van der Waals surface area (Å²) in [6, 6.07) is 8.78. The van der Waals surface area contributed by atoms with Crippen LogP contribution in [0.2, 0.25) is 0 Å². The second-order valence-corrected chi connectivity index (χ2v) is 4.43. The number of nitrogens with zero attached hydrogens (tertiary/aromatic N) is 2. The second kappa shape index (κ2) is 5.29. The van der Waals surface area contributed by atoms with Crippen molar-refractivity contribution in [1.29, 1.82) is 0 Å². The van der Waals surface area contributed by atoms with Gasteiger partial charge in [0.15, 0.2) is 0 Å². The molecule has 0 amide bonds. The van der Waals surface area contributed by atoms with Crippen molar-refractivity contribution in [2.45, 2.75) is 19.5 Å². The molecule has 4 nitrogen and oxygen atoms in total. The maximum absolute atomic E-state index is 4.56. The lowest BCUT2D eigenvalue weighted by molar-refractivity contribution is 0.517. The van der Waals surface area contributed by atoms with Crippen LogP contribution in [0.15, 0.2) is 24.3 Å². The summed E-state index contributed by atoms with van der Waals surface area (Å²) in [6.45, 7) is 3.94. The molecule has 1 unspecified atom stereocenters. The zero-order chi connectivity index (χ0) is 12.3. The van der Waals surface area contributed by atoms with Gasteiger partial charge in [0, 0.05) is 31.6 Å². The van der Waals surface area contributed by atoms with Crippen molar-refractivity contribution in [3.8, 4) is 0 Å². The van der Waals surface area contributed by atoms with Crippen LogP contribution in [0, 0.1) is 0 Å². The Balaban J connectivity index is 2.13. The Morgan fingerprint density at radius 1 is 1.35 bits per heavy atom. The van der Waals surface area contributed by atoms with Gasteiger partial charge in [0.1, 0.15) is 0 Å². The highest BCUT2D eigenvalue weighted by atomic mass is 15.3. The van der Waals surface area contributed by atoms with Gasteiger partial charge in [-0.2, -0.15) is 5.10 Å². The van der Waals surface area contributed by atoms with Gasteiger partial charge in [-0.15, -0.1) is 0 Å². The highest BCUT2D eigenvalue weighted by Crippen LogP contribution is 2.17. The monoisotopic (exact) mass is 232 g/mol. The van der Waals surface area contributed by atoms with Crippen LogP contribution in [0.4, 0.5) is 0 Å². The fraction of sp³-hybridized carbons (Fsp3) is 0.462.